The highest BCUT2D eigenvalue weighted by atomic mass is 79.9. The van der Waals surface area contributed by atoms with Crippen LogP contribution in [0.1, 0.15) is 18.4 Å². The van der Waals surface area contributed by atoms with Crippen LogP contribution in [0.15, 0.2) is 22.7 Å². The first kappa shape index (κ1) is 11.1. The second-order valence-corrected chi connectivity index (χ2v) is 4.07. The molecule has 0 aliphatic heterocycles. The molecule has 0 unspecified atom stereocenters. The minimum absolute atomic E-state index is 0.830. The molecule has 0 atom stereocenters. The Hall–Kier alpha value is -0.940. The van der Waals surface area contributed by atoms with Crippen molar-refractivity contribution in [2.24, 2.45) is 0 Å². The van der Waals surface area contributed by atoms with Crippen molar-refractivity contribution in [2.45, 2.75) is 19.8 Å². The van der Waals surface area contributed by atoms with E-state index in [-0.39, 0.29) is 0 Å². The Kier molecular flexibility index (Phi) is 4.55. The molecule has 0 spiro atoms. The van der Waals surface area contributed by atoms with Crippen LogP contribution in [0.2, 0.25) is 0 Å². The van der Waals surface area contributed by atoms with E-state index in [1.54, 1.807) is 0 Å². The summed E-state index contributed by atoms with van der Waals surface area (Å²) in [5, 5.41) is 3.33. The zero-order chi connectivity index (χ0) is 10.4. The highest BCUT2D eigenvalue weighted by Crippen LogP contribution is 2.23. The normalized spacial score (nSPS) is 9.50. The highest BCUT2D eigenvalue weighted by Gasteiger charge is 1.97. The number of rotatable bonds is 4. The predicted molar refractivity (Wildman–Crippen MR) is 65.4 cm³/mol. The quantitative estimate of drug-likeness (QED) is 0.638. The van der Waals surface area contributed by atoms with Crippen LogP contribution < -0.4 is 5.32 Å². The Morgan fingerprint density at radius 2 is 2.29 bits per heavy atom. The molecule has 0 saturated heterocycles. The van der Waals surface area contributed by atoms with Crippen LogP contribution in [0.3, 0.4) is 0 Å². The van der Waals surface area contributed by atoms with Crippen LogP contribution in [-0.4, -0.2) is 6.54 Å². The smallest absolute Gasteiger partial charge is 0.0484 e. The van der Waals surface area contributed by atoms with Gasteiger partial charge < -0.3 is 5.32 Å². The molecule has 0 aliphatic carbocycles. The molecule has 0 aromatic heterocycles. The lowest BCUT2D eigenvalue weighted by Gasteiger charge is -2.07. The van der Waals surface area contributed by atoms with Crippen molar-refractivity contribution in [2.75, 3.05) is 11.9 Å². The van der Waals surface area contributed by atoms with Gasteiger partial charge in [-0.1, -0.05) is 6.07 Å². The van der Waals surface area contributed by atoms with Crippen LogP contribution in [0, 0.1) is 19.3 Å². The minimum Gasteiger partial charge on any atom is -0.384 e. The van der Waals surface area contributed by atoms with E-state index in [0.29, 0.717) is 0 Å². The van der Waals surface area contributed by atoms with Crippen LogP contribution in [-0.2, 0) is 0 Å². The minimum atomic E-state index is 0.830. The third-order valence-corrected chi connectivity index (χ3v) is 2.59. The van der Waals surface area contributed by atoms with E-state index < -0.39 is 0 Å². The van der Waals surface area contributed by atoms with Gasteiger partial charge in [0.2, 0.25) is 0 Å². The summed E-state index contributed by atoms with van der Waals surface area (Å²) in [4.78, 5) is 0. The standard InChI is InChI=1S/C12H14BrN/c1-3-4-5-8-14-12-7-6-10(2)9-11(12)13/h1,6-7,9,14H,4-5,8H2,2H3. The summed E-state index contributed by atoms with van der Waals surface area (Å²) in [6, 6.07) is 6.27. The Morgan fingerprint density at radius 1 is 1.50 bits per heavy atom. The first-order valence-corrected chi connectivity index (χ1v) is 5.47. The van der Waals surface area contributed by atoms with E-state index >= 15 is 0 Å². The molecule has 1 nitrogen and oxygen atoms in total. The third-order valence-electron chi connectivity index (χ3n) is 1.94. The molecule has 2 heteroatoms. The summed E-state index contributed by atoms with van der Waals surface area (Å²) >= 11 is 3.51. The fourth-order valence-corrected chi connectivity index (χ4v) is 1.81. The van der Waals surface area contributed by atoms with Gasteiger partial charge in [0.1, 0.15) is 0 Å². The molecule has 0 heterocycles. The van der Waals surface area contributed by atoms with Gasteiger partial charge in [0.05, 0.1) is 0 Å². The summed E-state index contributed by atoms with van der Waals surface area (Å²) in [5.74, 6) is 2.63. The molecular formula is C12H14BrN. The Bertz CT molecular complexity index is 339. The lowest BCUT2D eigenvalue weighted by Crippen LogP contribution is -2.01. The number of terminal acetylenes is 1. The van der Waals surface area contributed by atoms with E-state index in [4.69, 9.17) is 6.42 Å². The van der Waals surface area contributed by atoms with Crippen molar-refractivity contribution in [1.82, 2.24) is 0 Å². The monoisotopic (exact) mass is 251 g/mol. The first-order chi connectivity index (χ1) is 6.74. The Labute approximate surface area is 94.0 Å². The molecule has 0 aliphatic rings. The Morgan fingerprint density at radius 3 is 2.93 bits per heavy atom. The van der Waals surface area contributed by atoms with Crippen LogP contribution in [0.4, 0.5) is 5.69 Å². The fourth-order valence-electron chi connectivity index (χ4n) is 1.18. The molecule has 1 aromatic carbocycles. The van der Waals surface area contributed by atoms with E-state index in [0.717, 1.165) is 29.5 Å². The van der Waals surface area contributed by atoms with Gasteiger partial charge >= 0.3 is 0 Å². The number of halogens is 1. The number of hydrogen-bond acceptors (Lipinski definition) is 1. The molecule has 1 N–H and O–H groups in total. The first-order valence-electron chi connectivity index (χ1n) is 4.67. The SMILES string of the molecule is C#CCCCNc1ccc(C)cc1Br. The van der Waals surface area contributed by atoms with Crippen LogP contribution >= 0.6 is 15.9 Å². The summed E-state index contributed by atoms with van der Waals surface area (Å²) in [5.41, 5.74) is 2.39. The lowest BCUT2D eigenvalue weighted by atomic mass is 10.2. The van der Waals surface area contributed by atoms with Gasteiger partial charge in [-0.15, -0.1) is 12.3 Å². The second kappa shape index (κ2) is 5.72. The zero-order valence-corrected chi connectivity index (χ0v) is 9.89. The molecular weight excluding hydrogens is 238 g/mol. The lowest BCUT2D eigenvalue weighted by molar-refractivity contribution is 0.906. The summed E-state index contributed by atoms with van der Waals surface area (Å²) in [6.45, 7) is 3.00. The molecule has 1 aromatic rings. The summed E-state index contributed by atoms with van der Waals surface area (Å²) in [6.07, 6.45) is 7.01. The van der Waals surface area contributed by atoms with Crippen molar-refractivity contribution in [1.29, 1.82) is 0 Å². The van der Waals surface area contributed by atoms with Gasteiger partial charge in [0.15, 0.2) is 0 Å². The number of hydrogen-bond donors (Lipinski definition) is 1. The van der Waals surface area contributed by atoms with E-state index in [1.165, 1.54) is 5.56 Å². The van der Waals surface area contributed by atoms with Gasteiger partial charge in [0.25, 0.3) is 0 Å². The molecule has 0 saturated carbocycles. The topological polar surface area (TPSA) is 12.0 Å². The maximum Gasteiger partial charge on any atom is 0.0484 e. The van der Waals surface area contributed by atoms with Crippen molar-refractivity contribution in [3.63, 3.8) is 0 Å². The third kappa shape index (κ3) is 3.43. The molecule has 74 valence electrons. The van der Waals surface area contributed by atoms with Gasteiger partial charge in [-0.05, 0) is 47.0 Å². The molecule has 1 rings (SSSR count). The van der Waals surface area contributed by atoms with Crippen molar-refractivity contribution < 1.29 is 0 Å². The van der Waals surface area contributed by atoms with E-state index in [2.05, 4.69) is 52.3 Å². The van der Waals surface area contributed by atoms with Crippen molar-refractivity contribution in [3.05, 3.63) is 28.2 Å². The van der Waals surface area contributed by atoms with Crippen molar-refractivity contribution >= 4 is 21.6 Å². The predicted octanol–water partition coefficient (Wildman–Crippen LogP) is 3.58. The Balaban J connectivity index is 2.47. The molecule has 0 radical (unpaired) electrons. The molecule has 0 bridgehead atoms. The van der Waals surface area contributed by atoms with E-state index in [1.807, 2.05) is 0 Å². The fraction of sp³-hybridized carbons (Fsp3) is 0.333. The largest absolute Gasteiger partial charge is 0.384 e. The van der Waals surface area contributed by atoms with Crippen LogP contribution in [0.5, 0.6) is 0 Å². The molecule has 0 fully saturated rings. The summed E-state index contributed by atoms with van der Waals surface area (Å²) < 4.78 is 1.11. The van der Waals surface area contributed by atoms with E-state index in [9.17, 15) is 0 Å². The average Bonchev–Trinajstić information content (AvgIpc) is 2.15. The average molecular weight is 252 g/mol. The van der Waals surface area contributed by atoms with Gasteiger partial charge in [-0.25, -0.2) is 0 Å². The maximum atomic E-state index is 5.17. The number of anilines is 1. The molecule has 14 heavy (non-hydrogen) atoms. The zero-order valence-electron chi connectivity index (χ0n) is 8.31. The van der Waals surface area contributed by atoms with Crippen LogP contribution in [0.25, 0.3) is 0 Å². The number of benzene rings is 1. The number of nitrogens with one attached hydrogen (secondary N) is 1. The number of unbranched alkanes of at least 4 members (excludes halogenated alkanes) is 1. The van der Waals surface area contributed by atoms with Gasteiger partial charge in [-0.2, -0.15) is 0 Å². The highest BCUT2D eigenvalue weighted by molar-refractivity contribution is 9.10. The van der Waals surface area contributed by atoms with Gasteiger partial charge in [-0.3, -0.25) is 0 Å². The number of aryl methyl sites for hydroxylation is 1. The van der Waals surface area contributed by atoms with Gasteiger partial charge in [0, 0.05) is 23.1 Å². The summed E-state index contributed by atoms with van der Waals surface area (Å²) in [7, 11) is 0. The maximum absolute atomic E-state index is 5.17. The molecule has 0 amide bonds. The second-order valence-electron chi connectivity index (χ2n) is 3.22. The van der Waals surface area contributed by atoms with Crippen molar-refractivity contribution in [3.8, 4) is 12.3 Å².